The van der Waals surface area contributed by atoms with Gasteiger partial charge in [-0.15, -0.1) is 0 Å². The largest absolute Gasteiger partial charge is 0.493 e. The Hall–Kier alpha value is -1.91. The van der Waals surface area contributed by atoms with Gasteiger partial charge in [-0.25, -0.2) is 0 Å². The first-order valence-electron chi connectivity index (χ1n) is 7.59. The Balaban J connectivity index is 1.94. The molecular formula is C18H20ClNO3. The highest BCUT2D eigenvalue weighted by molar-refractivity contribution is 6.30. The minimum Gasteiger partial charge on any atom is -0.493 e. The molecule has 1 atom stereocenters. The molecule has 4 nitrogen and oxygen atoms in total. The van der Waals surface area contributed by atoms with Gasteiger partial charge in [0.15, 0.2) is 11.5 Å². The molecule has 1 aliphatic rings. The van der Waals surface area contributed by atoms with Crippen LogP contribution in [0.2, 0.25) is 5.02 Å². The highest BCUT2D eigenvalue weighted by Gasteiger charge is 2.23. The molecule has 1 aliphatic heterocycles. The summed E-state index contributed by atoms with van der Waals surface area (Å²) in [4.78, 5) is 0. The van der Waals surface area contributed by atoms with E-state index in [4.69, 9.17) is 25.8 Å². The SMILES string of the molecule is COc1cc2c(cc1OC)C(Oc1ccc(Cl)cc1)CNCC2. The van der Waals surface area contributed by atoms with Gasteiger partial charge in [-0.1, -0.05) is 11.6 Å². The van der Waals surface area contributed by atoms with Crippen molar-refractivity contribution < 1.29 is 14.2 Å². The van der Waals surface area contributed by atoms with Crippen molar-refractivity contribution in [2.45, 2.75) is 12.5 Å². The molecule has 1 N–H and O–H groups in total. The van der Waals surface area contributed by atoms with Crippen molar-refractivity contribution in [3.8, 4) is 17.2 Å². The monoisotopic (exact) mass is 333 g/mol. The Kier molecular flexibility index (Phi) is 4.94. The Labute approximate surface area is 141 Å². The van der Waals surface area contributed by atoms with Gasteiger partial charge in [-0.05, 0) is 54.9 Å². The second-order valence-electron chi connectivity index (χ2n) is 5.42. The van der Waals surface area contributed by atoms with E-state index in [-0.39, 0.29) is 6.10 Å². The van der Waals surface area contributed by atoms with E-state index in [1.807, 2.05) is 36.4 Å². The van der Waals surface area contributed by atoms with Crippen molar-refractivity contribution in [3.63, 3.8) is 0 Å². The summed E-state index contributed by atoms with van der Waals surface area (Å²) < 4.78 is 17.0. The number of halogens is 1. The van der Waals surface area contributed by atoms with Crippen LogP contribution >= 0.6 is 11.6 Å². The zero-order chi connectivity index (χ0) is 16.2. The van der Waals surface area contributed by atoms with Crippen molar-refractivity contribution in [2.75, 3.05) is 27.3 Å². The summed E-state index contributed by atoms with van der Waals surface area (Å²) in [5.74, 6) is 2.26. The summed E-state index contributed by atoms with van der Waals surface area (Å²) in [6, 6.07) is 11.5. The summed E-state index contributed by atoms with van der Waals surface area (Å²) in [5.41, 5.74) is 2.34. The minimum atomic E-state index is -0.0894. The molecule has 0 aliphatic carbocycles. The molecule has 5 heteroatoms. The van der Waals surface area contributed by atoms with E-state index in [9.17, 15) is 0 Å². The lowest BCUT2D eigenvalue weighted by molar-refractivity contribution is 0.204. The van der Waals surface area contributed by atoms with Gasteiger partial charge >= 0.3 is 0 Å². The zero-order valence-electron chi connectivity index (χ0n) is 13.3. The number of fused-ring (bicyclic) bond motifs is 1. The second kappa shape index (κ2) is 7.11. The normalized spacial score (nSPS) is 17.1. The predicted molar refractivity (Wildman–Crippen MR) is 90.9 cm³/mol. The highest BCUT2D eigenvalue weighted by Crippen LogP contribution is 2.36. The van der Waals surface area contributed by atoms with E-state index in [0.717, 1.165) is 42.3 Å². The summed E-state index contributed by atoms with van der Waals surface area (Å²) >= 11 is 5.94. The minimum absolute atomic E-state index is 0.0894. The Morgan fingerprint density at radius 3 is 2.43 bits per heavy atom. The molecule has 0 amide bonds. The van der Waals surface area contributed by atoms with Crippen molar-refractivity contribution in [3.05, 3.63) is 52.5 Å². The van der Waals surface area contributed by atoms with Gasteiger partial charge in [0.2, 0.25) is 0 Å². The third kappa shape index (κ3) is 3.54. The Morgan fingerprint density at radius 2 is 1.74 bits per heavy atom. The van der Waals surface area contributed by atoms with Crippen LogP contribution in [0.4, 0.5) is 0 Å². The molecule has 2 aromatic rings. The van der Waals surface area contributed by atoms with E-state index in [0.29, 0.717) is 5.02 Å². The van der Waals surface area contributed by atoms with Crippen LogP contribution < -0.4 is 19.5 Å². The third-order valence-corrected chi connectivity index (χ3v) is 4.24. The molecule has 23 heavy (non-hydrogen) atoms. The Bertz CT molecular complexity index is 673. The zero-order valence-corrected chi connectivity index (χ0v) is 14.0. The lowest BCUT2D eigenvalue weighted by atomic mass is 10.00. The van der Waals surface area contributed by atoms with Gasteiger partial charge in [-0.2, -0.15) is 0 Å². The van der Waals surface area contributed by atoms with Gasteiger partial charge in [0, 0.05) is 17.1 Å². The van der Waals surface area contributed by atoms with E-state index in [2.05, 4.69) is 5.32 Å². The average Bonchev–Trinajstić information content (AvgIpc) is 2.77. The first-order chi connectivity index (χ1) is 11.2. The number of benzene rings is 2. The second-order valence-corrected chi connectivity index (χ2v) is 5.86. The molecule has 0 radical (unpaired) electrons. The van der Waals surface area contributed by atoms with Crippen LogP contribution in [0.1, 0.15) is 17.2 Å². The van der Waals surface area contributed by atoms with E-state index < -0.39 is 0 Å². The lowest BCUT2D eigenvalue weighted by Gasteiger charge is -2.21. The molecule has 1 heterocycles. The fourth-order valence-corrected chi connectivity index (χ4v) is 2.93. The van der Waals surface area contributed by atoms with Crippen LogP contribution in [0.25, 0.3) is 0 Å². The molecule has 0 aromatic heterocycles. The third-order valence-electron chi connectivity index (χ3n) is 3.99. The summed E-state index contributed by atoms with van der Waals surface area (Å²) in [7, 11) is 3.30. The van der Waals surface area contributed by atoms with Gasteiger partial charge in [0.25, 0.3) is 0 Å². The maximum Gasteiger partial charge on any atom is 0.161 e. The van der Waals surface area contributed by atoms with Gasteiger partial charge in [-0.3, -0.25) is 0 Å². The van der Waals surface area contributed by atoms with Crippen molar-refractivity contribution in [1.29, 1.82) is 0 Å². The standard InChI is InChI=1S/C18H20ClNO3/c1-21-16-9-12-7-8-20-11-18(15(12)10-17(16)22-2)23-14-5-3-13(19)4-6-14/h3-6,9-10,18,20H,7-8,11H2,1-2H3. The van der Waals surface area contributed by atoms with E-state index >= 15 is 0 Å². The van der Waals surface area contributed by atoms with Gasteiger partial charge < -0.3 is 19.5 Å². The van der Waals surface area contributed by atoms with Crippen molar-refractivity contribution in [1.82, 2.24) is 5.32 Å². The van der Waals surface area contributed by atoms with E-state index in [1.165, 1.54) is 5.56 Å². The summed E-state index contributed by atoms with van der Waals surface area (Å²) in [5, 5.41) is 4.12. The first-order valence-corrected chi connectivity index (χ1v) is 7.97. The summed E-state index contributed by atoms with van der Waals surface area (Å²) in [6.45, 7) is 1.65. The number of ether oxygens (including phenoxy) is 3. The van der Waals surface area contributed by atoms with Crippen LogP contribution in [-0.4, -0.2) is 27.3 Å². The summed E-state index contributed by atoms with van der Waals surface area (Å²) in [6.07, 6.45) is 0.837. The quantitative estimate of drug-likeness (QED) is 0.927. The number of rotatable bonds is 4. The molecule has 122 valence electrons. The van der Waals surface area contributed by atoms with Crippen LogP contribution in [0.3, 0.4) is 0 Å². The van der Waals surface area contributed by atoms with Gasteiger partial charge in [0.1, 0.15) is 11.9 Å². The highest BCUT2D eigenvalue weighted by atomic mass is 35.5. The van der Waals surface area contributed by atoms with Crippen LogP contribution in [0.5, 0.6) is 17.2 Å². The van der Waals surface area contributed by atoms with Crippen LogP contribution in [-0.2, 0) is 6.42 Å². The van der Waals surface area contributed by atoms with Crippen LogP contribution in [0, 0.1) is 0 Å². The molecule has 1 unspecified atom stereocenters. The number of nitrogens with one attached hydrogen (secondary N) is 1. The van der Waals surface area contributed by atoms with Crippen molar-refractivity contribution >= 4 is 11.6 Å². The fraction of sp³-hybridized carbons (Fsp3) is 0.333. The van der Waals surface area contributed by atoms with Crippen LogP contribution in [0.15, 0.2) is 36.4 Å². The number of hydrogen-bond acceptors (Lipinski definition) is 4. The average molecular weight is 334 g/mol. The molecule has 0 saturated heterocycles. The molecule has 0 fully saturated rings. The Morgan fingerprint density at radius 1 is 1.04 bits per heavy atom. The molecular weight excluding hydrogens is 314 g/mol. The lowest BCUT2D eigenvalue weighted by Crippen LogP contribution is -2.23. The molecule has 0 spiro atoms. The first kappa shape index (κ1) is 16.0. The topological polar surface area (TPSA) is 39.7 Å². The van der Waals surface area contributed by atoms with Gasteiger partial charge in [0.05, 0.1) is 14.2 Å². The number of methoxy groups -OCH3 is 2. The maximum atomic E-state index is 6.17. The molecule has 2 aromatic carbocycles. The maximum absolute atomic E-state index is 6.17. The molecule has 0 saturated carbocycles. The molecule has 3 rings (SSSR count). The predicted octanol–water partition coefficient (Wildman–Crippen LogP) is 3.62. The fourth-order valence-electron chi connectivity index (χ4n) is 2.80. The smallest absolute Gasteiger partial charge is 0.161 e. The van der Waals surface area contributed by atoms with Crippen molar-refractivity contribution in [2.24, 2.45) is 0 Å². The molecule has 0 bridgehead atoms. The number of hydrogen-bond donors (Lipinski definition) is 1. The van der Waals surface area contributed by atoms with E-state index in [1.54, 1.807) is 14.2 Å².